The molecule has 2 N–H and O–H groups in total. The predicted molar refractivity (Wildman–Crippen MR) is 98.0 cm³/mol. The van der Waals surface area contributed by atoms with Crippen molar-refractivity contribution < 1.29 is 4.79 Å². The standard InChI is InChI=1S/C19H26N6O/c1-3-15-12(2)17(24-23-15)19(26)25-8-5-13(6-9-25)18-21-11-14-10-20-7-4-16(14)22-18/h11,13,20H,3-10H2,1-2H3,(H,23,24). The molecule has 1 saturated heterocycles. The molecule has 0 aliphatic carbocycles. The highest BCUT2D eigenvalue weighted by atomic mass is 16.2. The molecule has 0 aromatic carbocycles. The first-order valence-electron chi connectivity index (χ1n) is 9.56. The molecular weight excluding hydrogens is 328 g/mol. The molecule has 7 nitrogen and oxygen atoms in total. The summed E-state index contributed by atoms with van der Waals surface area (Å²) >= 11 is 0. The first-order chi connectivity index (χ1) is 12.7. The number of aromatic amines is 1. The molecule has 0 bridgehead atoms. The van der Waals surface area contributed by atoms with Gasteiger partial charge in [0.2, 0.25) is 0 Å². The van der Waals surface area contributed by atoms with Gasteiger partial charge in [0.1, 0.15) is 5.82 Å². The molecule has 0 saturated carbocycles. The normalized spacial score (nSPS) is 18.0. The molecule has 7 heteroatoms. The molecule has 2 aliphatic rings. The van der Waals surface area contributed by atoms with Crippen LogP contribution in [-0.2, 0) is 19.4 Å². The quantitative estimate of drug-likeness (QED) is 0.877. The van der Waals surface area contributed by atoms with Crippen molar-refractivity contribution in [2.45, 2.75) is 52.0 Å². The third-order valence-corrected chi connectivity index (χ3v) is 5.64. The fraction of sp³-hybridized carbons (Fsp3) is 0.579. The van der Waals surface area contributed by atoms with Crippen molar-refractivity contribution in [2.75, 3.05) is 19.6 Å². The Balaban J connectivity index is 1.42. The van der Waals surface area contributed by atoms with Gasteiger partial charge in [-0.1, -0.05) is 6.92 Å². The average Bonchev–Trinajstić information content (AvgIpc) is 3.07. The number of fused-ring (bicyclic) bond motifs is 1. The predicted octanol–water partition coefficient (Wildman–Crippen LogP) is 1.74. The van der Waals surface area contributed by atoms with Gasteiger partial charge in [0, 0.05) is 67.2 Å². The maximum absolute atomic E-state index is 12.8. The lowest BCUT2D eigenvalue weighted by molar-refractivity contribution is 0.0704. The van der Waals surface area contributed by atoms with E-state index in [1.807, 2.05) is 18.0 Å². The fourth-order valence-electron chi connectivity index (χ4n) is 3.93. The number of amides is 1. The van der Waals surface area contributed by atoms with E-state index >= 15 is 0 Å². The van der Waals surface area contributed by atoms with Crippen molar-refractivity contribution in [2.24, 2.45) is 0 Å². The lowest BCUT2D eigenvalue weighted by atomic mass is 9.95. The van der Waals surface area contributed by atoms with Gasteiger partial charge >= 0.3 is 0 Å². The minimum absolute atomic E-state index is 0.0364. The van der Waals surface area contributed by atoms with E-state index < -0.39 is 0 Å². The third kappa shape index (κ3) is 3.11. The van der Waals surface area contributed by atoms with Crippen LogP contribution in [0.3, 0.4) is 0 Å². The molecule has 26 heavy (non-hydrogen) atoms. The Kier molecular flexibility index (Phi) is 4.72. The summed E-state index contributed by atoms with van der Waals surface area (Å²) in [5.74, 6) is 1.32. The highest BCUT2D eigenvalue weighted by Crippen LogP contribution is 2.27. The number of nitrogens with one attached hydrogen (secondary N) is 2. The summed E-state index contributed by atoms with van der Waals surface area (Å²) in [6, 6.07) is 0. The molecule has 0 spiro atoms. The van der Waals surface area contributed by atoms with Gasteiger partial charge < -0.3 is 10.2 Å². The monoisotopic (exact) mass is 354 g/mol. The van der Waals surface area contributed by atoms with Gasteiger partial charge in [0.25, 0.3) is 5.91 Å². The highest BCUT2D eigenvalue weighted by Gasteiger charge is 2.29. The second kappa shape index (κ2) is 7.15. The number of likely N-dealkylation sites (tertiary alicyclic amines) is 1. The molecule has 0 unspecified atom stereocenters. The van der Waals surface area contributed by atoms with E-state index in [1.165, 1.54) is 11.3 Å². The number of hydrogen-bond donors (Lipinski definition) is 2. The molecule has 4 rings (SSSR count). The van der Waals surface area contributed by atoms with Crippen LogP contribution in [0.1, 0.15) is 64.5 Å². The van der Waals surface area contributed by atoms with E-state index in [1.54, 1.807) is 0 Å². The summed E-state index contributed by atoms with van der Waals surface area (Å²) < 4.78 is 0. The van der Waals surface area contributed by atoms with Gasteiger partial charge in [-0.25, -0.2) is 9.97 Å². The molecule has 2 aliphatic heterocycles. The van der Waals surface area contributed by atoms with E-state index in [4.69, 9.17) is 4.98 Å². The molecular formula is C19H26N6O. The van der Waals surface area contributed by atoms with Gasteiger partial charge in [-0.05, 0) is 26.2 Å². The lowest BCUT2D eigenvalue weighted by Crippen LogP contribution is -2.38. The van der Waals surface area contributed by atoms with Crippen LogP contribution in [-0.4, -0.2) is 50.6 Å². The first-order valence-corrected chi connectivity index (χ1v) is 9.56. The number of piperidine rings is 1. The van der Waals surface area contributed by atoms with Gasteiger partial charge in [-0.3, -0.25) is 9.89 Å². The fourth-order valence-corrected chi connectivity index (χ4v) is 3.93. The Hall–Kier alpha value is -2.28. The Morgan fingerprint density at radius 3 is 2.88 bits per heavy atom. The van der Waals surface area contributed by atoms with Crippen LogP contribution in [0, 0.1) is 6.92 Å². The van der Waals surface area contributed by atoms with Crippen molar-refractivity contribution in [3.8, 4) is 0 Å². The average molecular weight is 354 g/mol. The largest absolute Gasteiger partial charge is 0.337 e. The van der Waals surface area contributed by atoms with Gasteiger partial charge in [0.15, 0.2) is 5.69 Å². The van der Waals surface area contributed by atoms with Crippen LogP contribution in [0.25, 0.3) is 0 Å². The molecule has 2 aromatic rings. The zero-order valence-electron chi connectivity index (χ0n) is 15.5. The summed E-state index contributed by atoms with van der Waals surface area (Å²) in [7, 11) is 0. The summed E-state index contributed by atoms with van der Waals surface area (Å²) in [6.45, 7) is 7.36. The first kappa shape index (κ1) is 17.1. The summed E-state index contributed by atoms with van der Waals surface area (Å²) in [6.07, 6.45) is 5.63. The van der Waals surface area contributed by atoms with Crippen LogP contribution >= 0.6 is 0 Å². The molecule has 0 radical (unpaired) electrons. The number of H-pyrrole nitrogens is 1. The summed E-state index contributed by atoms with van der Waals surface area (Å²) in [4.78, 5) is 24.1. The second-order valence-electron chi connectivity index (χ2n) is 7.22. The van der Waals surface area contributed by atoms with Crippen LogP contribution in [0.2, 0.25) is 0 Å². The molecule has 0 atom stereocenters. The van der Waals surface area contributed by atoms with Crippen molar-refractivity contribution in [3.05, 3.63) is 40.2 Å². The van der Waals surface area contributed by atoms with Crippen LogP contribution < -0.4 is 5.32 Å². The van der Waals surface area contributed by atoms with Gasteiger partial charge in [0.05, 0.1) is 0 Å². The molecule has 2 aromatic heterocycles. The number of rotatable bonds is 3. The topological polar surface area (TPSA) is 86.8 Å². The van der Waals surface area contributed by atoms with E-state index in [2.05, 4.69) is 27.4 Å². The lowest BCUT2D eigenvalue weighted by Gasteiger charge is -2.31. The van der Waals surface area contributed by atoms with E-state index in [0.717, 1.165) is 68.9 Å². The SMILES string of the molecule is CCc1[nH]nc(C(=O)N2CCC(c3ncc4c(n3)CCNC4)CC2)c1C. The highest BCUT2D eigenvalue weighted by molar-refractivity contribution is 5.94. The Labute approximate surface area is 153 Å². The smallest absolute Gasteiger partial charge is 0.274 e. The molecule has 4 heterocycles. The van der Waals surface area contributed by atoms with Crippen LogP contribution in [0.5, 0.6) is 0 Å². The molecule has 1 fully saturated rings. The van der Waals surface area contributed by atoms with E-state index in [-0.39, 0.29) is 5.91 Å². The molecule has 1 amide bonds. The van der Waals surface area contributed by atoms with Crippen LogP contribution in [0.15, 0.2) is 6.20 Å². The summed E-state index contributed by atoms with van der Waals surface area (Å²) in [5.41, 5.74) is 4.99. The zero-order valence-corrected chi connectivity index (χ0v) is 15.5. The number of carbonyl (C=O) groups is 1. The number of carbonyl (C=O) groups excluding carboxylic acids is 1. The number of nitrogens with zero attached hydrogens (tertiary/aromatic N) is 4. The van der Waals surface area contributed by atoms with Crippen molar-refractivity contribution >= 4 is 5.91 Å². The van der Waals surface area contributed by atoms with Crippen molar-refractivity contribution in [1.29, 1.82) is 0 Å². The Bertz CT molecular complexity index is 806. The van der Waals surface area contributed by atoms with Crippen molar-refractivity contribution in [3.63, 3.8) is 0 Å². The maximum Gasteiger partial charge on any atom is 0.274 e. The van der Waals surface area contributed by atoms with Crippen molar-refractivity contribution in [1.82, 2.24) is 30.4 Å². The maximum atomic E-state index is 12.8. The van der Waals surface area contributed by atoms with Gasteiger partial charge in [-0.15, -0.1) is 0 Å². The van der Waals surface area contributed by atoms with E-state index in [0.29, 0.717) is 11.6 Å². The zero-order chi connectivity index (χ0) is 18.1. The third-order valence-electron chi connectivity index (χ3n) is 5.64. The number of aryl methyl sites for hydroxylation is 1. The molecule has 138 valence electrons. The second-order valence-corrected chi connectivity index (χ2v) is 7.22. The summed E-state index contributed by atoms with van der Waals surface area (Å²) in [5, 5.41) is 10.6. The Morgan fingerprint density at radius 2 is 2.15 bits per heavy atom. The Morgan fingerprint density at radius 1 is 1.35 bits per heavy atom. The number of hydrogen-bond acceptors (Lipinski definition) is 5. The minimum Gasteiger partial charge on any atom is -0.337 e. The van der Waals surface area contributed by atoms with E-state index in [9.17, 15) is 4.79 Å². The number of aromatic nitrogens is 4. The van der Waals surface area contributed by atoms with Gasteiger partial charge in [-0.2, -0.15) is 5.10 Å². The van der Waals surface area contributed by atoms with Crippen LogP contribution in [0.4, 0.5) is 0 Å². The minimum atomic E-state index is 0.0364.